The number of carbonyl (C=O) groups is 1. The lowest BCUT2D eigenvalue weighted by Crippen LogP contribution is -2.38. The summed E-state index contributed by atoms with van der Waals surface area (Å²) in [5.41, 5.74) is -0.840. The predicted molar refractivity (Wildman–Crippen MR) is 70.9 cm³/mol. The van der Waals surface area contributed by atoms with Crippen LogP contribution in [0.2, 0.25) is 0 Å². The largest absolute Gasteiger partial charge is 0.480 e. The number of carboxylic acid groups (broad SMARTS) is 1. The third kappa shape index (κ3) is 4.09. The van der Waals surface area contributed by atoms with Crippen molar-refractivity contribution in [2.45, 2.75) is 44.3 Å². The Morgan fingerprint density at radius 2 is 2.00 bits per heavy atom. The van der Waals surface area contributed by atoms with Crippen molar-refractivity contribution in [2.24, 2.45) is 5.92 Å². The van der Waals surface area contributed by atoms with Crippen LogP contribution in [0.5, 0.6) is 0 Å². The summed E-state index contributed by atoms with van der Waals surface area (Å²) in [7, 11) is 0. The second kappa shape index (κ2) is 6.32. The number of anilines is 1. The van der Waals surface area contributed by atoms with Gasteiger partial charge >= 0.3 is 12.1 Å². The van der Waals surface area contributed by atoms with E-state index in [0.717, 1.165) is 50.4 Å². The lowest BCUT2D eigenvalue weighted by molar-refractivity contribution is -0.139. The molecule has 0 spiro atoms. The number of pyridine rings is 1. The predicted octanol–water partition coefficient (Wildman–Crippen LogP) is 3.55. The Kier molecular flexibility index (Phi) is 4.69. The zero-order chi connectivity index (χ0) is 15.5. The highest BCUT2D eigenvalue weighted by atomic mass is 19.4. The average Bonchev–Trinajstić information content (AvgIpc) is 2.45. The van der Waals surface area contributed by atoms with Crippen molar-refractivity contribution in [1.82, 2.24) is 4.98 Å². The lowest BCUT2D eigenvalue weighted by Gasteiger charge is -2.28. The minimum absolute atomic E-state index is 0.0530. The molecule has 2 rings (SSSR count). The molecule has 1 aromatic rings. The van der Waals surface area contributed by atoms with Crippen molar-refractivity contribution in [3.63, 3.8) is 0 Å². The number of carboxylic acids is 1. The molecule has 21 heavy (non-hydrogen) atoms. The molecular weight excluding hydrogens is 285 g/mol. The van der Waals surface area contributed by atoms with Gasteiger partial charge in [0.05, 0.1) is 5.56 Å². The Hall–Kier alpha value is -1.79. The smallest absolute Gasteiger partial charge is 0.416 e. The van der Waals surface area contributed by atoms with E-state index in [1.165, 1.54) is 0 Å². The molecule has 1 aliphatic carbocycles. The highest BCUT2D eigenvalue weighted by Gasteiger charge is 2.32. The molecule has 4 nitrogen and oxygen atoms in total. The van der Waals surface area contributed by atoms with Crippen LogP contribution >= 0.6 is 0 Å². The Morgan fingerprint density at radius 3 is 2.57 bits per heavy atom. The average molecular weight is 302 g/mol. The maximum absolute atomic E-state index is 12.6. The molecule has 116 valence electrons. The summed E-state index contributed by atoms with van der Waals surface area (Å²) in [5.74, 6) is -1.18. The van der Waals surface area contributed by atoms with Crippen LogP contribution in [0.3, 0.4) is 0 Å². The Labute approximate surface area is 120 Å². The maximum atomic E-state index is 12.6. The van der Waals surface area contributed by atoms with Crippen LogP contribution in [0.25, 0.3) is 0 Å². The van der Waals surface area contributed by atoms with Crippen LogP contribution in [0, 0.1) is 5.92 Å². The summed E-state index contributed by atoms with van der Waals surface area (Å²) < 4.78 is 37.9. The third-order valence-corrected chi connectivity index (χ3v) is 3.78. The molecule has 1 fully saturated rings. The highest BCUT2D eigenvalue weighted by molar-refractivity contribution is 5.77. The van der Waals surface area contributed by atoms with E-state index in [9.17, 15) is 23.1 Å². The van der Waals surface area contributed by atoms with E-state index < -0.39 is 23.8 Å². The zero-order valence-electron chi connectivity index (χ0n) is 11.4. The van der Waals surface area contributed by atoms with Crippen LogP contribution in [0.1, 0.15) is 37.7 Å². The molecule has 0 aromatic carbocycles. The van der Waals surface area contributed by atoms with E-state index >= 15 is 0 Å². The maximum Gasteiger partial charge on any atom is 0.416 e. The van der Waals surface area contributed by atoms with Crippen molar-refractivity contribution < 1.29 is 23.1 Å². The first-order chi connectivity index (χ1) is 9.88. The number of nitrogens with zero attached hydrogens (tertiary/aromatic N) is 1. The molecule has 2 N–H and O–H groups in total. The van der Waals surface area contributed by atoms with Crippen molar-refractivity contribution in [3.8, 4) is 0 Å². The minimum Gasteiger partial charge on any atom is -0.480 e. The Bertz CT molecular complexity index is 499. The Balaban J connectivity index is 2.15. The van der Waals surface area contributed by atoms with Gasteiger partial charge in [-0.05, 0) is 30.9 Å². The van der Waals surface area contributed by atoms with Gasteiger partial charge in [0.2, 0.25) is 0 Å². The summed E-state index contributed by atoms with van der Waals surface area (Å²) >= 11 is 0. The van der Waals surface area contributed by atoms with Crippen LogP contribution in [0.15, 0.2) is 18.3 Å². The fourth-order valence-corrected chi connectivity index (χ4v) is 2.69. The van der Waals surface area contributed by atoms with Gasteiger partial charge in [-0.25, -0.2) is 9.78 Å². The monoisotopic (exact) mass is 302 g/mol. The third-order valence-electron chi connectivity index (χ3n) is 3.78. The number of hydrogen-bond acceptors (Lipinski definition) is 3. The van der Waals surface area contributed by atoms with E-state index in [2.05, 4.69) is 10.3 Å². The molecule has 0 radical (unpaired) electrons. The highest BCUT2D eigenvalue weighted by Crippen LogP contribution is 2.31. The molecule has 1 atom stereocenters. The molecule has 0 amide bonds. The number of alkyl halides is 3. The normalized spacial score (nSPS) is 18.2. The van der Waals surface area contributed by atoms with Crippen molar-refractivity contribution in [1.29, 1.82) is 0 Å². The summed E-state index contributed by atoms with van der Waals surface area (Å²) in [4.78, 5) is 15.2. The van der Waals surface area contributed by atoms with Gasteiger partial charge in [-0.15, -0.1) is 0 Å². The van der Waals surface area contributed by atoms with Gasteiger partial charge in [0.25, 0.3) is 0 Å². The first kappa shape index (κ1) is 15.6. The van der Waals surface area contributed by atoms with Crippen LogP contribution in [-0.2, 0) is 11.0 Å². The van der Waals surface area contributed by atoms with Crippen LogP contribution < -0.4 is 5.32 Å². The molecule has 1 unspecified atom stereocenters. The van der Waals surface area contributed by atoms with E-state index in [1.807, 2.05) is 0 Å². The number of aliphatic carboxylic acids is 1. The quantitative estimate of drug-likeness (QED) is 0.893. The van der Waals surface area contributed by atoms with E-state index in [0.29, 0.717) is 0 Å². The first-order valence-electron chi connectivity index (χ1n) is 6.90. The molecule has 7 heteroatoms. The first-order valence-corrected chi connectivity index (χ1v) is 6.90. The zero-order valence-corrected chi connectivity index (χ0v) is 11.4. The van der Waals surface area contributed by atoms with Crippen molar-refractivity contribution in [2.75, 3.05) is 5.32 Å². The van der Waals surface area contributed by atoms with Crippen LogP contribution in [0.4, 0.5) is 19.0 Å². The molecule has 1 aliphatic rings. The minimum atomic E-state index is -4.47. The van der Waals surface area contributed by atoms with Crippen LogP contribution in [-0.4, -0.2) is 22.1 Å². The molecule has 1 saturated carbocycles. The molecule has 0 aliphatic heterocycles. The number of rotatable bonds is 4. The molecule has 0 saturated heterocycles. The fraction of sp³-hybridized carbons (Fsp3) is 0.571. The molecule has 1 heterocycles. The van der Waals surface area contributed by atoms with Gasteiger partial charge in [-0.2, -0.15) is 13.2 Å². The number of hydrogen-bond donors (Lipinski definition) is 2. The number of nitrogens with one attached hydrogen (secondary N) is 1. The van der Waals surface area contributed by atoms with Gasteiger partial charge < -0.3 is 10.4 Å². The van der Waals surface area contributed by atoms with E-state index in [4.69, 9.17) is 0 Å². The summed E-state index contributed by atoms with van der Waals surface area (Å²) in [6.07, 6.45) is 1.07. The number of aromatic nitrogens is 1. The lowest BCUT2D eigenvalue weighted by atomic mass is 9.84. The number of halogens is 3. The SMILES string of the molecule is O=C(O)C(Nc1cc(C(F)(F)F)ccn1)C1CCCCC1. The summed E-state index contributed by atoms with van der Waals surface area (Å²) in [5, 5.41) is 12.0. The molecule has 1 aromatic heterocycles. The van der Waals surface area contributed by atoms with Gasteiger partial charge in [-0.3, -0.25) is 0 Å². The summed E-state index contributed by atoms with van der Waals surface area (Å²) in [6.45, 7) is 0. The van der Waals surface area contributed by atoms with Gasteiger partial charge in [0, 0.05) is 6.20 Å². The van der Waals surface area contributed by atoms with Crippen molar-refractivity contribution >= 4 is 11.8 Å². The fourth-order valence-electron chi connectivity index (χ4n) is 2.69. The Morgan fingerprint density at radius 1 is 1.33 bits per heavy atom. The van der Waals surface area contributed by atoms with Gasteiger partial charge in [0.1, 0.15) is 11.9 Å². The molecular formula is C14H17F3N2O2. The standard InChI is InChI=1S/C14H17F3N2O2/c15-14(16,17)10-6-7-18-11(8-10)19-12(13(20)21)9-4-2-1-3-5-9/h6-9,12H,1-5H2,(H,18,19)(H,20,21). The second-order valence-electron chi connectivity index (χ2n) is 5.29. The van der Waals surface area contributed by atoms with Gasteiger partial charge in [-0.1, -0.05) is 19.3 Å². The van der Waals surface area contributed by atoms with Crippen molar-refractivity contribution in [3.05, 3.63) is 23.9 Å². The molecule has 0 bridgehead atoms. The van der Waals surface area contributed by atoms with E-state index in [-0.39, 0.29) is 11.7 Å². The topological polar surface area (TPSA) is 62.2 Å². The summed E-state index contributed by atoms with van der Waals surface area (Å²) in [6, 6.07) is 0.807. The van der Waals surface area contributed by atoms with E-state index in [1.54, 1.807) is 0 Å². The van der Waals surface area contributed by atoms with Gasteiger partial charge in [0.15, 0.2) is 0 Å². The second-order valence-corrected chi connectivity index (χ2v) is 5.29.